The molecule has 0 saturated carbocycles. The molecule has 1 saturated heterocycles. The van der Waals surface area contributed by atoms with E-state index >= 15 is 0 Å². The normalized spacial score (nSPS) is 16.3. The summed E-state index contributed by atoms with van der Waals surface area (Å²) in [5, 5.41) is 0.691. The number of benzene rings is 1. The van der Waals surface area contributed by atoms with Gasteiger partial charge in [-0.1, -0.05) is 18.2 Å². The third-order valence-electron chi connectivity index (χ3n) is 5.09. The van der Waals surface area contributed by atoms with Crippen LogP contribution in [0.3, 0.4) is 0 Å². The predicted molar refractivity (Wildman–Crippen MR) is 108 cm³/mol. The Morgan fingerprint density at radius 2 is 1.67 bits per heavy atom. The number of hydrogen-bond acceptors (Lipinski definition) is 4. The zero-order valence-electron chi connectivity index (χ0n) is 15.6. The standard InChI is InChI=1S/C20H24N4O2S/c1-16(2)24-15-19(18-9-6-10-21-20(18)24)27(25,26)23-13-11-22(12-14-23)17-7-4-3-5-8-17/h3-10,15-16H,11-14H2,1-2H3. The lowest BCUT2D eigenvalue weighted by atomic mass is 10.2. The van der Waals surface area contributed by atoms with Crippen molar-refractivity contribution in [1.29, 1.82) is 0 Å². The molecule has 0 N–H and O–H groups in total. The van der Waals surface area contributed by atoms with Crippen molar-refractivity contribution in [2.45, 2.75) is 24.8 Å². The highest BCUT2D eigenvalue weighted by molar-refractivity contribution is 7.89. The molecule has 0 unspecified atom stereocenters. The van der Waals surface area contributed by atoms with Crippen LogP contribution in [-0.2, 0) is 10.0 Å². The van der Waals surface area contributed by atoms with Gasteiger partial charge in [-0.25, -0.2) is 13.4 Å². The lowest BCUT2D eigenvalue weighted by Crippen LogP contribution is -2.48. The van der Waals surface area contributed by atoms with Crippen molar-refractivity contribution in [2.24, 2.45) is 0 Å². The average molecular weight is 385 g/mol. The summed E-state index contributed by atoms with van der Waals surface area (Å²) in [5.41, 5.74) is 1.85. The minimum absolute atomic E-state index is 0.140. The summed E-state index contributed by atoms with van der Waals surface area (Å²) in [7, 11) is -3.56. The summed E-state index contributed by atoms with van der Waals surface area (Å²) in [4.78, 5) is 6.99. The van der Waals surface area contributed by atoms with Crippen LogP contribution in [0.15, 0.2) is 59.8 Å². The number of rotatable bonds is 4. The molecular formula is C20H24N4O2S. The van der Waals surface area contributed by atoms with E-state index in [-0.39, 0.29) is 6.04 Å². The summed E-state index contributed by atoms with van der Waals surface area (Å²) in [6.07, 6.45) is 3.44. The van der Waals surface area contributed by atoms with Gasteiger partial charge >= 0.3 is 0 Å². The first-order valence-electron chi connectivity index (χ1n) is 9.24. The van der Waals surface area contributed by atoms with Crippen LogP contribution in [0.25, 0.3) is 11.0 Å². The van der Waals surface area contributed by atoms with E-state index in [0.717, 1.165) is 5.69 Å². The molecule has 0 spiro atoms. The van der Waals surface area contributed by atoms with Crippen molar-refractivity contribution in [2.75, 3.05) is 31.1 Å². The number of aromatic nitrogens is 2. The smallest absolute Gasteiger partial charge is 0.245 e. The van der Waals surface area contributed by atoms with E-state index in [9.17, 15) is 8.42 Å². The Bertz CT molecular complexity index is 1040. The highest BCUT2D eigenvalue weighted by Crippen LogP contribution is 2.29. The molecule has 27 heavy (non-hydrogen) atoms. The van der Waals surface area contributed by atoms with Crippen LogP contribution in [0.5, 0.6) is 0 Å². The largest absolute Gasteiger partial charge is 0.369 e. The van der Waals surface area contributed by atoms with Crippen LogP contribution < -0.4 is 4.90 Å². The minimum atomic E-state index is -3.56. The Labute approximate surface area is 160 Å². The fourth-order valence-electron chi connectivity index (χ4n) is 3.62. The molecule has 1 aliphatic rings. The molecule has 3 heterocycles. The van der Waals surface area contributed by atoms with Gasteiger partial charge in [0.1, 0.15) is 10.5 Å². The molecule has 1 aliphatic heterocycles. The highest BCUT2D eigenvalue weighted by atomic mass is 32.2. The quantitative estimate of drug-likeness (QED) is 0.693. The van der Waals surface area contributed by atoms with Crippen molar-refractivity contribution in [1.82, 2.24) is 13.9 Å². The first kappa shape index (κ1) is 18.0. The van der Waals surface area contributed by atoms with Gasteiger partial charge in [0.2, 0.25) is 10.0 Å². The van der Waals surface area contributed by atoms with Crippen molar-refractivity contribution in [3.63, 3.8) is 0 Å². The maximum atomic E-state index is 13.3. The Balaban J connectivity index is 1.63. The van der Waals surface area contributed by atoms with Gasteiger partial charge in [-0.2, -0.15) is 4.31 Å². The van der Waals surface area contributed by atoms with Crippen LogP contribution in [0.1, 0.15) is 19.9 Å². The molecule has 142 valence electrons. The Kier molecular flexibility index (Phi) is 4.65. The molecule has 2 aromatic heterocycles. The SMILES string of the molecule is CC(C)n1cc(S(=O)(=O)N2CCN(c3ccccc3)CC2)c2cccnc21. The van der Waals surface area contributed by atoms with Gasteiger partial charge in [-0.15, -0.1) is 0 Å². The monoisotopic (exact) mass is 384 g/mol. The third kappa shape index (κ3) is 3.21. The molecule has 0 aliphatic carbocycles. The van der Waals surface area contributed by atoms with Crippen LogP contribution in [-0.4, -0.2) is 48.5 Å². The van der Waals surface area contributed by atoms with Gasteiger partial charge in [0, 0.05) is 55.7 Å². The number of hydrogen-bond donors (Lipinski definition) is 0. The van der Waals surface area contributed by atoms with E-state index in [0.29, 0.717) is 42.1 Å². The van der Waals surface area contributed by atoms with Crippen LogP contribution >= 0.6 is 0 Å². The molecule has 0 amide bonds. The fourth-order valence-corrected chi connectivity index (χ4v) is 5.22. The number of nitrogens with zero attached hydrogens (tertiary/aromatic N) is 4. The zero-order valence-corrected chi connectivity index (χ0v) is 16.4. The Hall–Kier alpha value is -2.38. The number of anilines is 1. The maximum absolute atomic E-state index is 13.3. The van der Waals surface area contributed by atoms with Crippen LogP contribution in [0.4, 0.5) is 5.69 Å². The van der Waals surface area contributed by atoms with Crippen LogP contribution in [0.2, 0.25) is 0 Å². The Morgan fingerprint density at radius 1 is 0.963 bits per heavy atom. The minimum Gasteiger partial charge on any atom is -0.369 e. The van der Waals surface area contributed by atoms with E-state index in [1.54, 1.807) is 22.8 Å². The molecular weight excluding hydrogens is 360 g/mol. The molecule has 4 rings (SSSR count). The molecule has 3 aromatic rings. The van der Waals surface area contributed by atoms with Crippen LogP contribution in [0, 0.1) is 0 Å². The zero-order chi connectivity index (χ0) is 19.0. The van der Waals surface area contributed by atoms with Gasteiger partial charge in [0.15, 0.2) is 0 Å². The maximum Gasteiger partial charge on any atom is 0.245 e. The molecule has 6 nitrogen and oxygen atoms in total. The van der Waals surface area contributed by atoms with E-state index in [1.807, 2.05) is 42.7 Å². The Morgan fingerprint density at radius 3 is 2.33 bits per heavy atom. The molecule has 0 radical (unpaired) electrons. The van der Waals surface area contributed by atoms with E-state index in [2.05, 4.69) is 22.0 Å². The average Bonchev–Trinajstić information content (AvgIpc) is 3.10. The summed E-state index contributed by atoms with van der Waals surface area (Å²) in [6, 6.07) is 13.9. The van der Waals surface area contributed by atoms with Gasteiger partial charge in [0.05, 0.1) is 0 Å². The highest BCUT2D eigenvalue weighted by Gasteiger charge is 2.31. The molecule has 1 fully saturated rings. The summed E-state index contributed by atoms with van der Waals surface area (Å²) in [6.45, 7) is 6.39. The van der Waals surface area contributed by atoms with E-state index < -0.39 is 10.0 Å². The third-order valence-corrected chi connectivity index (χ3v) is 7.01. The second-order valence-electron chi connectivity index (χ2n) is 7.10. The molecule has 7 heteroatoms. The summed E-state index contributed by atoms with van der Waals surface area (Å²) < 4.78 is 30.2. The first-order chi connectivity index (χ1) is 13.0. The van der Waals surface area contributed by atoms with Crippen molar-refractivity contribution < 1.29 is 8.42 Å². The number of para-hydroxylation sites is 1. The predicted octanol–water partition coefficient (Wildman–Crippen LogP) is 3.13. The van der Waals surface area contributed by atoms with Gasteiger partial charge < -0.3 is 9.47 Å². The van der Waals surface area contributed by atoms with Gasteiger partial charge in [-0.05, 0) is 38.1 Å². The number of fused-ring (bicyclic) bond motifs is 1. The van der Waals surface area contributed by atoms with Crippen molar-refractivity contribution in [3.8, 4) is 0 Å². The first-order valence-corrected chi connectivity index (χ1v) is 10.7. The lowest BCUT2D eigenvalue weighted by Gasteiger charge is -2.35. The van der Waals surface area contributed by atoms with Gasteiger partial charge in [0.25, 0.3) is 0 Å². The summed E-state index contributed by atoms with van der Waals surface area (Å²) >= 11 is 0. The number of sulfonamides is 1. The van der Waals surface area contributed by atoms with Crippen molar-refractivity contribution >= 4 is 26.7 Å². The topological polar surface area (TPSA) is 58.4 Å². The molecule has 0 bridgehead atoms. The van der Waals surface area contributed by atoms with Gasteiger partial charge in [-0.3, -0.25) is 0 Å². The van der Waals surface area contributed by atoms with E-state index in [1.165, 1.54) is 0 Å². The number of pyridine rings is 1. The summed E-state index contributed by atoms with van der Waals surface area (Å²) in [5.74, 6) is 0. The van der Waals surface area contributed by atoms with E-state index in [4.69, 9.17) is 0 Å². The lowest BCUT2D eigenvalue weighted by molar-refractivity contribution is 0.385. The number of piperazine rings is 1. The van der Waals surface area contributed by atoms with Crippen molar-refractivity contribution in [3.05, 3.63) is 54.9 Å². The molecule has 0 atom stereocenters. The second kappa shape index (κ2) is 6.98. The fraction of sp³-hybridized carbons (Fsp3) is 0.350. The second-order valence-corrected chi connectivity index (χ2v) is 9.00. The molecule has 1 aromatic carbocycles.